The molecule has 37 heavy (non-hydrogen) atoms. The number of carbonyl (C=O) groups excluding carboxylic acids is 1. The highest BCUT2D eigenvalue weighted by Crippen LogP contribution is 2.34. The van der Waals surface area contributed by atoms with Crippen LogP contribution in [0.2, 0.25) is 5.02 Å². The van der Waals surface area contributed by atoms with Gasteiger partial charge in [-0.05, 0) is 32.4 Å². The van der Waals surface area contributed by atoms with Crippen molar-refractivity contribution < 1.29 is 36.9 Å². The van der Waals surface area contributed by atoms with Crippen LogP contribution in [-0.4, -0.2) is 54.7 Å². The smallest absolute Gasteiger partial charge is 0.425 e. The minimum Gasteiger partial charge on any atom is -0.480 e. The van der Waals surface area contributed by atoms with Crippen molar-refractivity contribution in [3.05, 3.63) is 50.5 Å². The molecule has 2 N–H and O–H groups in total. The van der Waals surface area contributed by atoms with Gasteiger partial charge in [0.1, 0.15) is 17.2 Å². The van der Waals surface area contributed by atoms with Gasteiger partial charge in [0.05, 0.1) is 12.8 Å². The fraction of sp³-hybridized carbons (Fsp3) is 0.381. The number of aryl methyl sites for hydroxylation is 1. The molecule has 0 radical (unpaired) electrons. The Morgan fingerprint density at radius 1 is 1.32 bits per heavy atom. The molecule has 16 heteroatoms. The van der Waals surface area contributed by atoms with Crippen molar-refractivity contribution in [3.8, 4) is 17.6 Å². The van der Waals surface area contributed by atoms with E-state index in [0.717, 1.165) is 4.57 Å². The Hall–Kier alpha value is -3.72. The summed E-state index contributed by atoms with van der Waals surface area (Å²) in [7, 11) is 1.28. The Morgan fingerprint density at radius 2 is 2.00 bits per heavy atom. The molecule has 1 unspecified atom stereocenters. The molecule has 11 nitrogen and oxygen atoms in total. The van der Waals surface area contributed by atoms with E-state index in [2.05, 4.69) is 20.4 Å². The number of hydrogen-bond acceptors (Lipinski definition) is 8. The number of aromatic nitrogens is 5. The molecule has 0 saturated heterocycles. The maximum absolute atomic E-state index is 15.1. The Balaban J connectivity index is 2.16. The van der Waals surface area contributed by atoms with Crippen molar-refractivity contribution >= 4 is 23.2 Å². The number of halogens is 5. The van der Waals surface area contributed by atoms with Gasteiger partial charge in [-0.15, -0.1) is 5.10 Å². The zero-order valence-electron chi connectivity index (χ0n) is 19.9. The van der Waals surface area contributed by atoms with Crippen molar-refractivity contribution in [2.24, 2.45) is 0 Å². The van der Waals surface area contributed by atoms with E-state index in [1.165, 1.54) is 20.2 Å². The topological polar surface area (TPSA) is 133 Å². The molecule has 3 heterocycles. The van der Waals surface area contributed by atoms with E-state index in [4.69, 9.17) is 21.1 Å². The second-order valence-electron chi connectivity index (χ2n) is 7.55. The standard InChI is InChI=1S/C21H21ClF4N6O5/c1-5-31-13(8-33)30-32(20(31)35)16-12(23)6-11(18(29-16)37-10(3)21(24,25)26)17(34)28-15-9(2)7-27-19(36-4)14(15)22/h6-7,10,33H,5,8H2,1-4H3,(H,27,28,34). The third kappa shape index (κ3) is 5.51. The number of nitrogens with one attached hydrogen (secondary N) is 1. The first-order valence-electron chi connectivity index (χ1n) is 10.6. The Labute approximate surface area is 211 Å². The molecule has 0 saturated carbocycles. The molecule has 3 aromatic rings. The zero-order valence-corrected chi connectivity index (χ0v) is 20.6. The lowest BCUT2D eigenvalue weighted by Crippen LogP contribution is -2.33. The van der Waals surface area contributed by atoms with Crippen LogP contribution in [0.1, 0.15) is 35.6 Å². The number of rotatable bonds is 8. The fourth-order valence-electron chi connectivity index (χ4n) is 3.14. The summed E-state index contributed by atoms with van der Waals surface area (Å²) in [4.78, 5) is 33.3. The van der Waals surface area contributed by atoms with Gasteiger partial charge in [-0.2, -0.15) is 22.8 Å². The average Bonchev–Trinajstić information content (AvgIpc) is 3.16. The number of anilines is 1. The molecule has 1 amide bonds. The van der Waals surface area contributed by atoms with Crippen molar-refractivity contribution in [3.63, 3.8) is 0 Å². The van der Waals surface area contributed by atoms with E-state index >= 15 is 4.39 Å². The van der Waals surface area contributed by atoms with Crippen LogP contribution in [0.3, 0.4) is 0 Å². The van der Waals surface area contributed by atoms with Crippen molar-refractivity contribution in [1.82, 2.24) is 24.3 Å². The summed E-state index contributed by atoms with van der Waals surface area (Å²) in [5.74, 6) is -4.36. The van der Waals surface area contributed by atoms with E-state index in [-0.39, 0.29) is 29.0 Å². The molecule has 0 aromatic carbocycles. The largest absolute Gasteiger partial charge is 0.480 e. The molecule has 0 bridgehead atoms. The second-order valence-corrected chi connectivity index (χ2v) is 7.93. The van der Waals surface area contributed by atoms with Gasteiger partial charge in [0.15, 0.2) is 23.6 Å². The monoisotopic (exact) mass is 548 g/mol. The average molecular weight is 549 g/mol. The van der Waals surface area contributed by atoms with Crippen molar-refractivity contribution in [2.75, 3.05) is 12.4 Å². The highest BCUT2D eigenvalue weighted by Gasteiger charge is 2.39. The predicted octanol–water partition coefficient (Wildman–Crippen LogP) is 3.03. The van der Waals surface area contributed by atoms with E-state index < -0.39 is 53.6 Å². The van der Waals surface area contributed by atoms with E-state index in [1.807, 2.05) is 0 Å². The van der Waals surface area contributed by atoms with E-state index in [1.54, 1.807) is 6.92 Å². The summed E-state index contributed by atoms with van der Waals surface area (Å²) in [6.45, 7) is 3.13. The highest BCUT2D eigenvalue weighted by molar-refractivity contribution is 6.35. The Morgan fingerprint density at radius 3 is 2.54 bits per heavy atom. The molecule has 0 spiro atoms. The van der Waals surface area contributed by atoms with Gasteiger partial charge < -0.3 is 19.9 Å². The van der Waals surface area contributed by atoms with Crippen LogP contribution in [0.4, 0.5) is 23.2 Å². The SMILES string of the molecule is CCn1c(CO)nn(-c2nc(OC(C)C(F)(F)F)c(C(=O)Nc3c(C)cnc(OC)c3Cl)cc2F)c1=O. The van der Waals surface area contributed by atoms with Crippen LogP contribution in [0.25, 0.3) is 5.82 Å². The third-order valence-corrected chi connectivity index (χ3v) is 5.47. The predicted molar refractivity (Wildman–Crippen MR) is 122 cm³/mol. The summed E-state index contributed by atoms with van der Waals surface area (Å²) >= 11 is 6.19. The fourth-order valence-corrected chi connectivity index (χ4v) is 3.46. The van der Waals surface area contributed by atoms with E-state index in [9.17, 15) is 27.9 Å². The number of amides is 1. The summed E-state index contributed by atoms with van der Waals surface area (Å²) in [5.41, 5.74) is -1.28. The van der Waals surface area contributed by atoms with Crippen molar-refractivity contribution in [2.45, 2.75) is 46.2 Å². The maximum atomic E-state index is 15.1. The molecule has 0 aliphatic rings. The number of carbonyl (C=O) groups is 1. The van der Waals surface area contributed by atoms with Crippen LogP contribution in [0.15, 0.2) is 17.1 Å². The van der Waals surface area contributed by atoms with Crippen LogP contribution in [-0.2, 0) is 13.2 Å². The minimum absolute atomic E-state index is 0.00307. The molecular weight excluding hydrogens is 528 g/mol. The number of methoxy groups -OCH3 is 1. The van der Waals surface area contributed by atoms with Crippen LogP contribution < -0.4 is 20.5 Å². The molecule has 0 fully saturated rings. The summed E-state index contributed by atoms with van der Waals surface area (Å²) < 4.78 is 66.2. The van der Waals surface area contributed by atoms with Gasteiger partial charge in [0.2, 0.25) is 11.8 Å². The number of ether oxygens (including phenoxy) is 2. The number of hydrogen-bond donors (Lipinski definition) is 2. The lowest BCUT2D eigenvalue weighted by atomic mass is 10.2. The Kier molecular flexibility index (Phi) is 8.07. The molecule has 0 aliphatic carbocycles. The van der Waals surface area contributed by atoms with E-state index in [0.29, 0.717) is 23.2 Å². The van der Waals surface area contributed by atoms with Crippen molar-refractivity contribution in [1.29, 1.82) is 0 Å². The lowest BCUT2D eigenvalue weighted by Gasteiger charge is -2.20. The summed E-state index contributed by atoms with van der Waals surface area (Å²) in [6.07, 6.45) is -6.01. The van der Waals surface area contributed by atoms with Gasteiger partial charge >= 0.3 is 11.9 Å². The summed E-state index contributed by atoms with van der Waals surface area (Å²) in [5, 5.41) is 15.5. The molecule has 3 aromatic heterocycles. The van der Waals surface area contributed by atoms with Gasteiger partial charge in [0.25, 0.3) is 5.91 Å². The molecule has 1 atom stereocenters. The molecule has 0 aliphatic heterocycles. The van der Waals surface area contributed by atoms with Crippen LogP contribution in [0, 0.1) is 12.7 Å². The number of nitrogens with zero attached hydrogens (tertiary/aromatic N) is 5. The molecule has 200 valence electrons. The van der Waals surface area contributed by atoms with Gasteiger partial charge in [-0.25, -0.2) is 14.2 Å². The second kappa shape index (κ2) is 10.7. The van der Waals surface area contributed by atoms with Crippen LogP contribution >= 0.6 is 11.6 Å². The molecular formula is C21H21ClF4N6O5. The number of aliphatic hydroxyl groups is 1. The first-order valence-corrected chi connectivity index (χ1v) is 11.0. The first kappa shape index (κ1) is 27.9. The number of alkyl halides is 3. The lowest BCUT2D eigenvalue weighted by molar-refractivity contribution is -0.190. The van der Waals surface area contributed by atoms with Gasteiger partial charge in [-0.3, -0.25) is 9.36 Å². The number of aliphatic hydroxyl groups excluding tert-OH is 1. The quantitative estimate of drug-likeness (QED) is 0.410. The number of pyridine rings is 2. The molecule has 3 rings (SSSR count). The third-order valence-electron chi connectivity index (χ3n) is 5.12. The van der Waals surface area contributed by atoms with Gasteiger partial charge in [0, 0.05) is 12.7 Å². The highest BCUT2D eigenvalue weighted by atomic mass is 35.5. The summed E-state index contributed by atoms with van der Waals surface area (Å²) in [6, 6.07) is 0.549. The first-order chi connectivity index (χ1) is 17.3. The minimum atomic E-state index is -4.87. The van der Waals surface area contributed by atoms with Gasteiger partial charge in [-0.1, -0.05) is 11.6 Å². The van der Waals surface area contributed by atoms with Crippen LogP contribution in [0.5, 0.6) is 11.8 Å². The Bertz CT molecular complexity index is 1390. The normalized spacial score (nSPS) is 12.4. The zero-order chi connectivity index (χ0) is 27.7. The maximum Gasteiger partial charge on any atom is 0.425 e.